The van der Waals surface area contributed by atoms with E-state index in [1.807, 2.05) is 18.2 Å². The summed E-state index contributed by atoms with van der Waals surface area (Å²) < 4.78 is 5.86. The highest BCUT2D eigenvalue weighted by atomic mass is 35.5. The molecule has 0 atom stereocenters. The highest BCUT2D eigenvalue weighted by Gasteiger charge is 2.26. The quantitative estimate of drug-likeness (QED) is 0.631. The third kappa shape index (κ3) is 3.44. The van der Waals surface area contributed by atoms with E-state index in [1.54, 1.807) is 41.6 Å². The summed E-state index contributed by atoms with van der Waals surface area (Å²) in [6.07, 6.45) is 4.06. The number of hydrogen-bond donors (Lipinski definition) is 1. The van der Waals surface area contributed by atoms with Crippen LogP contribution in [-0.2, 0) is 6.42 Å². The van der Waals surface area contributed by atoms with Gasteiger partial charge in [-0.2, -0.15) is 0 Å². The lowest BCUT2D eigenvalue weighted by Gasteiger charge is -2.28. The van der Waals surface area contributed by atoms with Crippen molar-refractivity contribution in [2.24, 2.45) is 0 Å². The van der Waals surface area contributed by atoms with Crippen LogP contribution < -0.4 is 15.4 Å². The molecule has 0 spiro atoms. The van der Waals surface area contributed by atoms with Gasteiger partial charge in [-0.1, -0.05) is 23.2 Å². The molecule has 2 N–H and O–H groups in total. The second-order valence-corrected chi connectivity index (χ2v) is 6.96. The van der Waals surface area contributed by atoms with Crippen LogP contribution in [-0.4, -0.2) is 17.4 Å². The van der Waals surface area contributed by atoms with E-state index in [1.165, 1.54) is 0 Å². The molecule has 1 aromatic heterocycles. The van der Waals surface area contributed by atoms with Gasteiger partial charge in [-0.3, -0.25) is 9.78 Å². The number of carbonyl (C=O) groups excluding carboxylic acids is 1. The number of rotatable bonds is 3. The number of hydrogen-bond acceptors (Lipinski definition) is 4. The monoisotopic (exact) mass is 399 g/mol. The van der Waals surface area contributed by atoms with E-state index in [9.17, 15) is 4.79 Å². The van der Waals surface area contributed by atoms with E-state index in [-0.39, 0.29) is 5.91 Å². The van der Waals surface area contributed by atoms with Gasteiger partial charge in [0.05, 0.1) is 10.0 Å². The number of nitrogens with zero attached hydrogens (tertiary/aromatic N) is 2. The van der Waals surface area contributed by atoms with Crippen LogP contribution in [0.4, 0.5) is 11.4 Å². The Morgan fingerprint density at radius 1 is 1.04 bits per heavy atom. The molecule has 136 valence electrons. The highest BCUT2D eigenvalue weighted by Crippen LogP contribution is 2.39. The SMILES string of the molecule is Nc1cc(Cl)c(Oc2ccc3c(c2)CCN(c2ccncc2)C3=O)c(Cl)c1. The zero-order valence-corrected chi connectivity index (χ0v) is 15.7. The van der Waals surface area contributed by atoms with Crippen LogP contribution in [0.2, 0.25) is 10.0 Å². The minimum atomic E-state index is -0.0439. The molecule has 2 heterocycles. The average Bonchev–Trinajstić information content (AvgIpc) is 2.65. The van der Waals surface area contributed by atoms with Gasteiger partial charge in [0, 0.05) is 35.9 Å². The molecule has 1 aliphatic rings. The molecule has 5 nitrogen and oxygen atoms in total. The minimum absolute atomic E-state index is 0.0439. The standard InChI is InChI=1S/C20H15Cl2N3O2/c21-17-10-13(23)11-18(22)19(17)27-15-1-2-16-12(9-15)5-8-25(20(16)26)14-3-6-24-7-4-14/h1-4,6-7,9-11H,5,8,23H2. The minimum Gasteiger partial charge on any atom is -0.454 e. The van der Waals surface area contributed by atoms with Crippen LogP contribution in [0.15, 0.2) is 54.9 Å². The summed E-state index contributed by atoms with van der Waals surface area (Å²) in [6.45, 7) is 0.586. The van der Waals surface area contributed by atoms with Gasteiger partial charge >= 0.3 is 0 Å². The van der Waals surface area contributed by atoms with Gasteiger partial charge in [0.1, 0.15) is 5.75 Å². The largest absolute Gasteiger partial charge is 0.454 e. The summed E-state index contributed by atoms with van der Waals surface area (Å²) >= 11 is 12.4. The van der Waals surface area contributed by atoms with Gasteiger partial charge in [0.2, 0.25) is 0 Å². The lowest BCUT2D eigenvalue weighted by atomic mass is 9.98. The number of anilines is 2. The Labute approximate surface area is 166 Å². The molecule has 0 radical (unpaired) electrons. The summed E-state index contributed by atoms with van der Waals surface area (Å²) in [4.78, 5) is 18.6. The molecule has 2 aromatic carbocycles. The number of fused-ring (bicyclic) bond motifs is 1. The van der Waals surface area contributed by atoms with Gasteiger partial charge in [0.15, 0.2) is 5.75 Å². The molecule has 27 heavy (non-hydrogen) atoms. The first-order chi connectivity index (χ1) is 13.0. The number of nitrogen functional groups attached to an aromatic ring is 1. The number of aromatic nitrogens is 1. The van der Waals surface area contributed by atoms with Gasteiger partial charge in [-0.15, -0.1) is 0 Å². The van der Waals surface area contributed by atoms with Crippen molar-refractivity contribution in [1.82, 2.24) is 4.98 Å². The molecule has 3 aromatic rings. The van der Waals surface area contributed by atoms with Crippen LogP contribution in [0.1, 0.15) is 15.9 Å². The van der Waals surface area contributed by atoms with Gasteiger partial charge < -0.3 is 15.4 Å². The summed E-state index contributed by atoms with van der Waals surface area (Å²) in [6, 6.07) is 12.2. The number of pyridine rings is 1. The number of ether oxygens (including phenoxy) is 1. The van der Waals surface area contributed by atoms with Crippen molar-refractivity contribution in [3.8, 4) is 11.5 Å². The molecule has 1 aliphatic heterocycles. The topological polar surface area (TPSA) is 68.5 Å². The number of halogens is 2. The molecule has 0 aliphatic carbocycles. The number of benzene rings is 2. The van der Waals surface area contributed by atoms with E-state index < -0.39 is 0 Å². The maximum absolute atomic E-state index is 12.8. The van der Waals surface area contributed by atoms with E-state index in [2.05, 4.69) is 4.98 Å². The predicted octanol–water partition coefficient (Wildman–Crippen LogP) is 4.97. The van der Waals surface area contributed by atoms with Crippen LogP contribution in [0.25, 0.3) is 0 Å². The lowest BCUT2D eigenvalue weighted by molar-refractivity contribution is 0.0980. The third-order valence-corrected chi connectivity index (χ3v) is 4.93. The van der Waals surface area contributed by atoms with E-state index in [0.717, 1.165) is 11.3 Å². The highest BCUT2D eigenvalue weighted by molar-refractivity contribution is 6.37. The fourth-order valence-electron chi connectivity index (χ4n) is 3.09. The maximum atomic E-state index is 12.8. The van der Waals surface area contributed by atoms with Crippen molar-refractivity contribution in [3.63, 3.8) is 0 Å². The zero-order chi connectivity index (χ0) is 19.0. The second kappa shape index (κ2) is 7.10. The van der Waals surface area contributed by atoms with E-state index in [4.69, 9.17) is 33.7 Å². The predicted molar refractivity (Wildman–Crippen MR) is 107 cm³/mol. The Hall–Kier alpha value is -2.76. The zero-order valence-electron chi connectivity index (χ0n) is 14.2. The van der Waals surface area contributed by atoms with Crippen molar-refractivity contribution < 1.29 is 9.53 Å². The summed E-state index contributed by atoms with van der Waals surface area (Å²) in [5.74, 6) is 0.859. The first kappa shape index (κ1) is 17.6. The maximum Gasteiger partial charge on any atom is 0.258 e. The van der Waals surface area contributed by atoms with Crippen LogP contribution in [0.3, 0.4) is 0 Å². The molecule has 0 saturated carbocycles. The first-order valence-corrected chi connectivity index (χ1v) is 9.06. The van der Waals surface area contributed by atoms with E-state index >= 15 is 0 Å². The normalized spacial score (nSPS) is 13.4. The third-order valence-electron chi connectivity index (χ3n) is 4.37. The summed E-state index contributed by atoms with van der Waals surface area (Å²) in [7, 11) is 0. The summed E-state index contributed by atoms with van der Waals surface area (Å²) in [5.41, 5.74) is 8.59. The molecule has 4 rings (SSSR count). The number of carbonyl (C=O) groups is 1. The smallest absolute Gasteiger partial charge is 0.258 e. The Balaban J connectivity index is 1.62. The second-order valence-electron chi connectivity index (χ2n) is 6.15. The average molecular weight is 400 g/mol. The molecule has 1 amide bonds. The number of nitrogens with two attached hydrogens (primary N) is 1. The van der Waals surface area contributed by atoms with Crippen molar-refractivity contribution >= 4 is 40.5 Å². The Morgan fingerprint density at radius 2 is 1.74 bits per heavy atom. The van der Waals surface area contributed by atoms with Crippen molar-refractivity contribution in [2.75, 3.05) is 17.2 Å². The molecular weight excluding hydrogens is 385 g/mol. The van der Waals surface area contributed by atoms with Gasteiger partial charge in [0.25, 0.3) is 5.91 Å². The van der Waals surface area contributed by atoms with Gasteiger partial charge in [-0.25, -0.2) is 0 Å². The molecule has 0 saturated heterocycles. The van der Waals surface area contributed by atoms with Gasteiger partial charge in [-0.05, 0) is 54.4 Å². The fourth-order valence-corrected chi connectivity index (χ4v) is 3.67. The fraction of sp³-hybridized carbons (Fsp3) is 0.100. The summed E-state index contributed by atoms with van der Waals surface area (Å²) in [5, 5.41) is 0.662. The lowest BCUT2D eigenvalue weighted by Crippen LogP contribution is -2.37. The molecule has 0 bridgehead atoms. The van der Waals surface area contributed by atoms with Crippen LogP contribution in [0, 0.1) is 0 Å². The Bertz CT molecular complexity index is 1000. The first-order valence-electron chi connectivity index (χ1n) is 8.30. The molecule has 7 heteroatoms. The van der Waals surface area contributed by atoms with Crippen molar-refractivity contribution in [3.05, 3.63) is 76.0 Å². The molecule has 0 fully saturated rings. The van der Waals surface area contributed by atoms with Crippen molar-refractivity contribution in [1.29, 1.82) is 0 Å². The molecular formula is C20H15Cl2N3O2. The van der Waals surface area contributed by atoms with Crippen LogP contribution in [0.5, 0.6) is 11.5 Å². The number of amides is 1. The Kier molecular flexibility index (Phi) is 4.64. The van der Waals surface area contributed by atoms with Crippen molar-refractivity contribution in [2.45, 2.75) is 6.42 Å². The Morgan fingerprint density at radius 3 is 2.44 bits per heavy atom. The van der Waals surface area contributed by atoms with E-state index in [0.29, 0.717) is 45.8 Å². The van der Waals surface area contributed by atoms with Crippen LogP contribution >= 0.6 is 23.2 Å². The molecule has 0 unspecified atom stereocenters.